The molecule has 1 aromatic rings. The standard InChI is InChI=1S/C10H10Cl2N2O4S/c11-5-1-2-6-13-19(17,18)8-3-4-9(12)10(7-8)14(15)16/h1-4,7,13H,5-6H2/b2-1+. The Hall–Kier alpha value is -1.15. The molecule has 1 rings (SSSR count). The molecular weight excluding hydrogens is 315 g/mol. The van der Waals surface area contributed by atoms with Gasteiger partial charge in [-0.1, -0.05) is 23.8 Å². The van der Waals surface area contributed by atoms with Crippen molar-refractivity contribution in [3.63, 3.8) is 0 Å². The average Bonchev–Trinajstić information content (AvgIpc) is 2.34. The van der Waals surface area contributed by atoms with Crippen LogP contribution in [0.5, 0.6) is 0 Å². The minimum Gasteiger partial charge on any atom is -0.258 e. The number of sulfonamides is 1. The molecule has 0 heterocycles. The fourth-order valence-corrected chi connectivity index (χ4v) is 2.50. The quantitative estimate of drug-likeness (QED) is 0.376. The molecule has 0 aliphatic heterocycles. The molecule has 0 radical (unpaired) electrons. The molecule has 1 aromatic carbocycles. The Labute approximate surface area is 120 Å². The molecule has 0 aliphatic carbocycles. The van der Waals surface area contributed by atoms with Crippen LogP contribution < -0.4 is 4.72 Å². The lowest BCUT2D eigenvalue weighted by Crippen LogP contribution is -2.23. The van der Waals surface area contributed by atoms with Crippen molar-refractivity contribution in [1.29, 1.82) is 0 Å². The third kappa shape index (κ3) is 4.46. The molecule has 0 aromatic heterocycles. The lowest BCUT2D eigenvalue weighted by Gasteiger charge is -2.05. The molecule has 0 amide bonds. The van der Waals surface area contributed by atoms with Gasteiger partial charge in [0, 0.05) is 18.5 Å². The number of hydrogen-bond acceptors (Lipinski definition) is 4. The molecule has 0 saturated carbocycles. The predicted molar refractivity (Wildman–Crippen MR) is 73.2 cm³/mol. The molecule has 9 heteroatoms. The Kier molecular flexibility index (Phi) is 5.74. The van der Waals surface area contributed by atoms with Crippen LogP contribution in [0.2, 0.25) is 5.02 Å². The average molecular weight is 325 g/mol. The SMILES string of the molecule is O=[N+]([O-])c1cc(S(=O)(=O)NC/C=C/CCl)ccc1Cl. The number of hydrogen-bond donors (Lipinski definition) is 1. The molecule has 19 heavy (non-hydrogen) atoms. The lowest BCUT2D eigenvalue weighted by atomic mass is 10.3. The molecule has 0 fully saturated rings. The maximum Gasteiger partial charge on any atom is 0.289 e. The molecule has 0 spiro atoms. The second-order valence-electron chi connectivity index (χ2n) is 3.35. The van der Waals surface area contributed by atoms with E-state index in [9.17, 15) is 18.5 Å². The van der Waals surface area contributed by atoms with Crippen molar-refractivity contribution < 1.29 is 13.3 Å². The zero-order valence-electron chi connectivity index (χ0n) is 9.55. The van der Waals surface area contributed by atoms with Gasteiger partial charge < -0.3 is 0 Å². The summed E-state index contributed by atoms with van der Waals surface area (Å²) in [5, 5.41) is 10.6. The van der Waals surface area contributed by atoms with Crippen molar-refractivity contribution in [2.24, 2.45) is 0 Å². The Morgan fingerprint density at radius 1 is 1.37 bits per heavy atom. The first-order chi connectivity index (χ1) is 8.88. The van der Waals surface area contributed by atoms with Gasteiger partial charge in [0.05, 0.1) is 9.82 Å². The van der Waals surface area contributed by atoms with E-state index in [0.717, 1.165) is 6.07 Å². The van der Waals surface area contributed by atoms with Gasteiger partial charge in [0.2, 0.25) is 10.0 Å². The number of nitro benzene ring substituents is 1. The van der Waals surface area contributed by atoms with Crippen LogP contribution in [0.25, 0.3) is 0 Å². The Balaban J connectivity index is 2.99. The van der Waals surface area contributed by atoms with Crippen LogP contribution in [0.15, 0.2) is 35.2 Å². The molecule has 104 valence electrons. The van der Waals surface area contributed by atoms with E-state index < -0.39 is 20.6 Å². The fraction of sp³-hybridized carbons (Fsp3) is 0.200. The summed E-state index contributed by atoms with van der Waals surface area (Å²) in [5.41, 5.74) is -0.458. The Morgan fingerprint density at radius 3 is 2.63 bits per heavy atom. The maximum absolute atomic E-state index is 11.8. The highest BCUT2D eigenvalue weighted by molar-refractivity contribution is 7.89. The first kappa shape index (κ1) is 15.9. The summed E-state index contributed by atoms with van der Waals surface area (Å²) in [4.78, 5) is 9.72. The third-order valence-corrected chi connectivity index (χ3v) is 3.99. The highest BCUT2D eigenvalue weighted by Gasteiger charge is 2.19. The summed E-state index contributed by atoms with van der Waals surface area (Å²) in [6.07, 6.45) is 3.11. The smallest absolute Gasteiger partial charge is 0.258 e. The normalized spacial score (nSPS) is 11.9. The molecule has 0 unspecified atom stereocenters. The van der Waals surface area contributed by atoms with Gasteiger partial charge in [0.1, 0.15) is 5.02 Å². The van der Waals surface area contributed by atoms with E-state index in [4.69, 9.17) is 23.2 Å². The number of nitrogens with one attached hydrogen (secondary N) is 1. The molecule has 0 aliphatic rings. The molecule has 1 N–H and O–H groups in total. The lowest BCUT2D eigenvalue weighted by molar-refractivity contribution is -0.384. The van der Waals surface area contributed by atoms with Crippen molar-refractivity contribution in [1.82, 2.24) is 4.72 Å². The van der Waals surface area contributed by atoms with Crippen molar-refractivity contribution in [2.75, 3.05) is 12.4 Å². The van der Waals surface area contributed by atoms with Gasteiger partial charge in [-0.05, 0) is 12.1 Å². The first-order valence-electron chi connectivity index (χ1n) is 5.03. The molecule has 0 atom stereocenters. The number of allylic oxidation sites excluding steroid dienone is 1. The van der Waals surface area contributed by atoms with E-state index in [1.807, 2.05) is 0 Å². The monoisotopic (exact) mass is 324 g/mol. The van der Waals surface area contributed by atoms with Crippen LogP contribution >= 0.6 is 23.2 Å². The Bertz CT molecular complexity index is 602. The first-order valence-corrected chi connectivity index (χ1v) is 7.42. The van der Waals surface area contributed by atoms with Crippen LogP contribution in [0.1, 0.15) is 0 Å². The molecule has 6 nitrogen and oxygen atoms in total. The summed E-state index contributed by atoms with van der Waals surface area (Å²) in [6, 6.07) is 3.28. The predicted octanol–water partition coefficient (Wildman–Crippen LogP) is 2.32. The fourth-order valence-electron chi connectivity index (χ4n) is 1.19. The van der Waals surface area contributed by atoms with Crippen molar-refractivity contribution >= 4 is 38.9 Å². The van der Waals surface area contributed by atoms with Crippen LogP contribution in [0.3, 0.4) is 0 Å². The molecule has 0 saturated heterocycles. The van der Waals surface area contributed by atoms with Gasteiger partial charge in [0.15, 0.2) is 0 Å². The number of benzene rings is 1. The number of alkyl halides is 1. The second kappa shape index (κ2) is 6.85. The Morgan fingerprint density at radius 2 is 2.05 bits per heavy atom. The molecule has 0 bridgehead atoms. The van der Waals surface area contributed by atoms with Gasteiger partial charge in [-0.3, -0.25) is 10.1 Å². The minimum atomic E-state index is -3.82. The van der Waals surface area contributed by atoms with Crippen LogP contribution in [0.4, 0.5) is 5.69 Å². The van der Waals surface area contributed by atoms with Gasteiger partial charge >= 0.3 is 0 Å². The van der Waals surface area contributed by atoms with E-state index in [0.29, 0.717) is 0 Å². The largest absolute Gasteiger partial charge is 0.289 e. The minimum absolute atomic E-state index is 0.0471. The summed E-state index contributed by atoms with van der Waals surface area (Å²) in [5.74, 6) is 0.272. The number of rotatable bonds is 6. The van der Waals surface area contributed by atoms with E-state index in [2.05, 4.69) is 4.72 Å². The second-order valence-corrected chi connectivity index (χ2v) is 5.83. The highest BCUT2D eigenvalue weighted by atomic mass is 35.5. The van der Waals surface area contributed by atoms with E-state index in [1.165, 1.54) is 18.2 Å². The van der Waals surface area contributed by atoms with Crippen molar-refractivity contribution in [3.8, 4) is 0 Å². The van der Waals surface area contributed by atoms with Gasteiger partial charge in [-0.25, -0.2) is 13.1 Å². The maximum atomic E-state index is 11.8. The summed E-state index contributed by atoms with van der Waals surface area (Å²) < 4.78 is 25.9. The third-order valence-electron chi connectivity index (χ3n) is 2.07. The summed E-state index contributed by atoms with van der Waals surface area (Å²) in [6.45, 7) is 0.0471. The van der Waals surface area contributed by atoms with Crippen LogP contribution in [-0.2, 0) is 10.0 Å². The van der Waals surface area contributed by atoms with E-state index in [1.54, 1.807) is 6.08 Å². The number of nitro groups is 1. The zero-order chi connectivity index (χ0) is 14.5. The van der Waals surface area contributed by atoms with E-state index >= 15 is 0 Å². The number of halogens is 2. The number of nitrogens with zero attached hydrogens (tertiary/aromatic N) is 1. The molecular formula is C10H10Cl2N2O4S. The summed E-state index contributed by atoms with van der Waals surface area (Å²) in [7, 11) is -3.82. The topological polar surface area (TPSA) is 89.3 Å². The van der Waals surface area contributed by atoms with E-state index in [-0.39, 0.29) is 22.3 Å². The zero-order valence-corrected chi connectivity index (χ0v) is 11.9. The van der Waals surface area contributed by atoms with Crippen LogP contribution in [0, 0.1) is 10.1 Å². The van der Waals surface area contributed by atoms with Gasteiger partial charge in [-0.15, -0.1) is 11.6 Å². The summed E-state index contributed by atoms with van der Waals surface area (Å²) >= 11 is 11.0. The van der Waals surface area contributed by atoms with Gasteiger partial charge in [0.25, 0.3) is 5.69 Å². The van der Waals surface area contributed by atoms with Crippen LogP contribution in [-0.4, -0.2) is 25.8 Å². The van der Waals surface area contributed by atoms with Crippen molar-refractivity contribution in [3.05, 3.63) is 45.5 Å². The highest BCUT2D eigenvalue weighted by Crippen LogP contribution is 2.26. The van der Waals surface area contributed by atoms with Crippen molar-refractivity contribution in [2.45, 2.75) is 4.90 Å². The van der Waals surface area contributed by atoms with Gasteiger partial charge in [-0.2, -0.15) is 0 Å².